The largest absolute Gasteiger partial charge is 0.352 e. The van der Waals surface area contributed by atoms with Crippen LogP contribution in [0, 0.1) is 5.82 Å². The Balaban J connectivity index is 1.33. The van der Waals surface area contributed by atoms with Crippen molar-refractivity contribution in [1.29, 1.82) is 0 Å². The lowest BCUT2D eigenvalue weighted by Gasteiger charge is -2.19. The molecule has 1 aliphatic rings. The van der Waals surface area contributed by atoms with E-state index >= 15 is 4.39 Å². The number of nitrogens with zero attached hydrogens (tertiary/aromatic N) is 3. The molecule has 1 fully saturated rings. The minimum Gasteiger partial charge on any atom is -0.352 e. The summed E-state index contributed by atoms with van der Waals surface area (Å²) in [6.45, 7) is 11.2. The van der Waals surface area contributed by atoms with Crippen LogP contribution in [0.2, 0.25) is 0 Å². The molecule has 2 amide bonds. The third-order valence-corrected chi connectivity index (χ3v) is 7.28. The zero-order chi connectivity index (χ0) is 28.4. The summed E-state index contributed by atoms with van der Waals surface area (Å²) in [5.41, 5.74) is 4.13. The van der Waals surface area contributed by atoms with Gasteiger partial charge in [0.2, 0.25) is 5.91 Å². The van der Waals surface area contributed by atoms with Gasteiger partial charge in [0.05, 0.1) is 5.39 Å². The molecule has 1 atom stereocenters. The number of aromatic amines is 1. The van der Waals surface area contributed by atoms with E-state index in [2.05, 4.69) is 58.1 Å². The summed E-state index contributed by atoms with van der Waals surface area (Å²) in [4.78, 5) is 30.9. The van der Waals surface area contributed by atoms with Crippen molar-refractivity contribution in [3.63, 3.8) is 0 Å². The SMILES string of the molecule is C=CC(=O)N[C@@H]1CCN(c2n[nH]c3nccc(-c4ccc(CNC(=O)c5ccc(C(C)(C)C)cc5)c(F)c4)c23)C1. The lowest BCUT2D eigenvalue weighted by molar-refractivity contribution is -0.117. The van der Waals surface area contributed by atoms with E-state index in [1.165, 1.54) is 12.1 Å². The van der Waals surface area contributed by atoms with Crippen molar-refractivity contribution in [2.45, 2.75) is 45.2 Å². The Morgan fingerprint density at radius 3 is 2.65 bits per heavy atom. The number of rotatable bonds is 7. The lowest BCUT2D eigenvalue weighted by Crippen LogP contribution is -2.36. The van der Waals surface area contributed by atoms with Crippen molar-refractivity contribution in [2.75, 3.05) is 18.0 Å². The summed E-state index contributed by atoms with van der Waals surface area (Å²) in [7, 11) is 0. The van der Waals surface area contributed by atoms with Crippen molar-refractivity contribution in [2.24, 2.45) is 0 Å². The number of H-pyrrole nitrogens is 1. The first-order chi connectivity index (χ1) is 19.1. The Bertz CT molecular complexity index is 1570. The average Bonchev–Trinajstić information content (AvgIpc) is 3.58. The highest BCUT2D eigenvalue weighted by atomic mass is 19.1. The summed E-state index contributed by atoms with van der Waals surface area (Å²) in [5, 5.41) is 14.0. The third-order valence-electron chi connectivity index (χ3n) is 7.28. The molecular weight excluding hydrogens is 507 g/mol. The van der Waals surface area contributed by atoms with E-state index in [0.717, 1.165) is 22.9 Å². The van der Waals surface area contributed by atoms with Crippen LogP contribution in [0.3, 0.4) is 0 Å². The smallest absolute Gasteiger partial charge is 0.251 e. The van der Waals surface area contributed by atoms with Crippen LogP contribution in [0.15, 0.2) is 67.4 Å². The Labute approximate surface area is 232 Å². The van der Waals surface area contributed by atoms with Crippen LogP contribution in [0.4, 0.5) is 10.2 Å². The number of nitrogens with one attached hydrogen (secondary N) is 3. The number of hydrogen-bond donors (Lipinski definition) is 3. The summed E-state index contributed by atoms with van der Waals surface area (Å²) >= 11 is 0. The van der Waals surface area contributed by atoms with Crippen LogP contribution in [-0.2, 0) is 16.8 Å². The number of aromatic nitrogens is 3. The molecule has 1 aliphatic heterocycles. The maximum Gasteiger partial charge on any atom is 0.251 e. The van der Waals surface area contributed by atoms with E-state index in [-0.39, 0.29) is 29.8 Å². The predicted molar refractivity (Wildman–Crippen MR) is 155 cm³/mol. The summed E-state index contributed by atoms with van der Waals surface area (Å²) in [6, 6.07) is 14.3. The van der Waals surface area contributed by atoms with Crippen LogP contribution in [-0.4, -0.2) is 46.1 Å². The van der Waals surface area contributed by atoms with Crippen molar-refractivity contribution in [3.05, 3.63) is 89.9 Å². The zero-order valence-corrected chi connectivity index (χ0v) is 22.9. The van der Waals surface area contributed by atoms with E-state index < -0.39 is 5.82 Å². The molecule has 0 unspecified atom stereocenters. The quantitative estimate of drug-likeness (QED) is 0.290. The number of carbonyl (C=O) groups is 2. The lowest BCUT2D eigenvalue weighted by atomic mass is 9.87. The Hall–Kier alpha value is -4.53. The highest BCUT2D eigenvalue weighted by Gasteiger charge is 2.27. The molecule has 0 radical (unpaired) electrons. The Kier molecular flexibility index (Phi) is 7.38. The first kappa shape index (κ1) is 27.1. The summed E-state index contributed by atoms with van der Waals surface area (Å²) < 4.78 is 15.3. The normalized spacial score (nSPS) is 15.3. The molecule has 3 N–H and O–H groups in total. The zero-order valence-electron chi connectivity index (χ0n) is 22.9. The first-order valence-electron chi connectivity index (χ1n) is 13.3. The molecule has 3 heterocycles. The van der Waals surface area contributed by atoms with E-state index in [4.69, 9.17) is 0 Å². The molecule has 206 valence electrons. The van der Waals surface area contributed by atoms with E-state index in [1.807, 2.05) is 24.3 Å². The molecule has 2 aromatic heterocycles. The van der Waals surface area contributed by atoms with Gasteiger partial charge in [-0.15, -0.1) is 0 Å². The van der Waals surface area contributed by atoms with Crippen molar-refractivity contribution < 1.29 is 14.0 Å². The van der Waals surface area contributed by atoms with E-state index in [0.29, 0.717) is 41.2 Å². The van der Waals surface area contributed by atoms with Gasteiger partial charge in [-0.25, -0.2) is 9.37 Å². The minimum absolute atomic E-state index is 0.00253. The molecule has 2 aromatic carbocycles. The van der Waals surface area contributed by atoms with Gasteiger partial charge in [-0.1, -0.05) is 51.6 Å². The molecule has 1 saturated heterocycles. The number of halogens is 1. The Morgan fingerprint density at radius 2 is 1.95 bits per heavy atom. The second-order valence-corrected chi connectivity index (χ2v) is 11.1. The number of benzene rings is 2. The average molecular weight is 541 g/mol. The van der Waals surface area contributed by atoms with Gasteiger partial charge in [0.15, 0.2) is 11.5 Å². The van der Waals surface area contributed by atoms with E-state index in [1.54, 1.807) is 24.4 Å². The number of hydrogen-bond acceptors (Lipinski definition) is 5. The second-order valence-electron chi connectivity index (χ2n) is 11.1. The monoisotopic (exact) mass is 540 g/mol. The number of pyridine rings is 1. The van der Waals surface area contributed by atoms with Crippen LogP contribution in [0.25, 0.3) is 22.2 Å². The molecule has 8 nitrogen and oxygen atoms in total. The number of anilines is 1. The molecule has 0 bridgehead atoms. The fraction of sp³-hybridized carbons (Fsp3) is 0.290. The first-order valence-corrected chi connectivity index (χ1v) is 13.3. The van der Waals surface area contributed by atoms with Gasteiger partial charge in [0.1, 0.15) is 5.82 Å². The number of carbonyl (C=O) groups excluding carboxylic acids is 2. The van der Waals surface area contributed by atoms with Crippen LogP contribution < -0.4 is 15.5 Å². The summed E-state index contributed by atoms with van der Waals surface area (Å²) in [6.07, 6.45) is 3.70. The van der Waals surface area contributed by atoms with E-state index in [9.17, 15) is 9.59 Å². The van der Waals surface area contributed by atoms with Gasteiger partial charge < -0.3 is 15.5 Å². The standard InChI is InChI=1S/C31H33FN6O2/c1-5-26(39)35-23-13-15-38(18-23)29-27-24(12-14-33-28(27)36-37-29)20-6-7-21(25(32)16-20)17-34-30(40)19-8-10-22(11-9-19)31(2,3)4/h5-12,14,16,23H,1,13,15,17-18H2,2-4H3,(H,34,40)(H,35,39)(H,33,36,37)/t23-/m1/s1. The maximum absolute atomic E-state index is 15.3. The van der Waals surface area contributed by atoms with Gasteiger partial charge in [-0.2, -0.15) is 5.10 Å². The third kappa shape index (κ3) is 5.59. The fourth-order valence-corrected chi connectivity index (χ4v) is 4.99. The molecule has 4 aromatic rings. The number of amides is 2. The molecule has 9 heteroatoms. The topological polar surface area (TPSA) is 103 Å². The van der Waals surface area contributed by atoms with Crippen LogP contribution >= 0.6 is 0 Å². The molecule has 0 aliphatic carbocycles. The maximum atomic E-state index is 15.3. The minimum atomic E-state index is -0.413. The molecule has 40 heavy (non-hydrogen) atoms. The Morgan fingerprint density at radius 1 is 1.18 bits per heavy atom. The van der Waals surface area contributed by atoms with Gasteiger partial charge >= 0.3 is 0 Å². The van der Waals surface area contributed by atoms with Gasteiger partial charge in [0.25, 0.3) is 5.91 Å². The van der Waals surface area contributed by atoms with Crippen molar-refractivity contribution in [1.82, 2.24) is 25.8 Å². The van der Waals surface area contributed by atoms with Crippen LogP contribution in [0.1, 0.15) is 48.7 Å². The summed E-state index contributed by atoms with van der Waals surface area (Å²) in [5.74, 6) is -0.158. The van der Waals surface area contributed by atoms with Crippen molar-refractivity contribution >= 4 is 28.7 Å². The highest BCUT2D eigenvalue weighted by molar-refractivity contribution is 6.01. The predicted octanol–water partition coefficient (Wildman–Crippen LogP) is 4.87. The molecule has 5 rings (SSSR count). The molecular formula is C31H33FN6O2. The fourth-order valence-electron chi connectivity index (χ4n) is 4.99. The highest BCUT2D eigenvalue weighted by Crippen LogP contribution is 2.35. The van der Waals surface area contributed by atoms with Gasteiger partial charge in [-0.05, 0) is 58.9 Å². The molecule has 0 saturated carbocycles. The second kappa shape index (κ2) is 10.9. The number of fused-ring (bicyclic) bond motifs is 1. The van der Waals surface area contributed by atoms with Gasteiger partial charge in [-0.3, -0.25) is 14.7 Å². The molecule has 0 spiro atoms. The van der Waals surface area contributed by atoms with Gasteiger partial charge in [0, 0.05) is 43.0 Å². The van der Waals surface area contributed by atoms with Crippen LogP contribution in [0.5, 0.6) is 0 Å². The van der Waals surface area contributed by atoms with Crippen molar-refractivity contribution in [3.8, 4) is 11.1 Å².